The lowest BCUT2D eigenvalue weighted by Gasteiger charge is -2.18. The predicted octanol–water partition coefficient (Wildman–Crippen LogP) is 4.03. The highest BCUT2D eigenvalue weighted by Gasteiger charge is 2.21. The molecule has 6 heteroatoms. The minimum Gasteiger partial charge on any atom is -0.486 e. The lowest BCUT2D eigenvalue weighted by atomic mass is 10.2. The number of nitrogens with zero attached hydrogens (tertiary/aromatic N) is 1. The van der Waals surface area contributed by atoms with Crippen LogP contribution in [0.2, 0.25) is 0 Å². The Morgan fingerprint density at radius 1 is 1.15 bits per heavy atom. The van der Waals surface area contributed by atoms with Gasteiger partial charge in [-0.1, -0.05) is 0 Å². The Morgan fingerprint density at radius 2 is 1.96 bits per heavy atom. The van der Waals surface area contributed by atoms with Crippen molar-refractivity contribution in [3.05, 3.63) is 41.2 Å². The molecule has 3 heterocycles. The summed E-state index contributed by atoms with van der Waals surface area (Å²) in [5.74, 6) is 2.09. The third-order valence-electron chi connectivity index (χ3n) is 5.17. The van der Waals surface area contributed by atoms with Crippen molar-refractivity contribution in [2.45, 2.75) is 44.2 Å². The zero-order chi connectivity index (χ0) is 18.8. The second kappa shape index (κ2) is 7.98. The van der Waals surface area contributed by atoms with Gasteiger partial charge in [0.25, 0.3) is 0 Å². The van der Waals surface area contributed by atoms with Crippen molar-refractivity contribution in [2.24, 2.45) is 0 Å². The molecular formula is C21H25NO4S. The number of Topliss-reactive ketones (excluding diaryl/α,β-unsaturated/α-hetero) is 1. The van der Waals surface area contributed by atoms with Crippen molar-refractivity contribution in [3.63, 3.8) is 0 Å². The maximum Gasteiger partial charge on any atom is 0.174 e. The van der Waals surface area contributed by atoms with Crippen molar-refractivity contribution in [1.29, 1.82) is 0 Å². The van der Waals surface area contributed by atoms with Gasteiger partial charge in [0.15, 0.2) is 17.3 Å². The molecule has 0 aliphatic carbocycles. The molecule has 1 atom stereocenters. The number of ether oxygens (including phenoxy) is 3. The van der Waals surface area contributed by atoms with E-state index in [1.807, 2.05) is 31.2 Å². The molecule has 2 aliphatic heterocycles. The van der Waals surface area contributed by atoms with Crippen LogP contribution in [0, 0.1) is 13.8 Å². The van der Waals surface area contributed by atoms with E-state index in [9.17, 15) is 4.79 Å². The molecule has 0 amide bonds. The standard InChI is InChI=1S/C21H25NO4S/c1-14-10-18(15(2)22(14)12-16-4-3-7-24-16)19(23)13-27-17-5-6-20-21(11-17)26-9-8-25-20/h5-6,10-11,16H,3-4,7-9,12-13H2,1-2H3/t16-/m0/s1. The van der Waals surface area contributed by atoms with Crippen LogP contribution in [0.1, 0.15) is 34.6 Å². The minimum atomic E-state index is 0.154. The Labute approximate surface area is 164 Å². The summed E-state index contributed by atoms with van der Waals surface area (Å²) >= 11 is 1.53. The van der Waals surface area contributed by atoms with Gasteiger partial charge in [-0.3, -0.25) is 4.79 Å². The number of carbonyl (C=O) groups excluding carboxylic acids is 1. The number of carbonyl (C=O) groups is 1. The van der Waals surface area contributed by atoms with Crippen molar-refractivity contribution in [1.82, 2.24) is 4.57 Å². The van der Waals surface area contributed by atoms with E-state index in [1.54, 1.807) is 0 Å². The number of rotatable bonds is 6. The molecule has 4 rings (SSSR count). The molecule has 1 aromatic carbocycles. The molecule has 0 bridgehead atoms. The summed E-state index contributed by atoms with van der Waals surface area (Å²) in [6.07, 6.45) is 2.49. The van der Waals surface area contributed by atoms with Gasteiger partial charge in [0.05, 0.1) is 11.9 Å². The smallest absolute Gasteiger partial charge is 0.174 e. The zero-order valence-corrected chi connectivity index (χ0v) is 16.6. The van der Waals surface area contributed by atoms with E-state index in [1.165, 1.54) is 11.8 Å². The number of thioether (sulfide) groups is 1. The van der Waals surface area contributed by atoms with Crippen LogP contribution in [0.25, 0.3) is 0 Å². The van der Waals surface area contributed by atoms with Crippen LogP contribution >= 0.6 is 11.8 Å². The van der Waals surface area contributed by atoms with Crippen molar-refractivity contribution in [2.75, 3.05) is 25.6 Å². The summed E-state index contributed by atoms with van der Waals surface area (Å²) in [5, 5.41) is 0. The highest BCUT2D eigenvalue weighted by Crippen LogP contribution is 2.34. The fourth-order valence-corrected chi connectivity index (χ4v) is 4.50. The molecule has 0 N–H and O–H groups in total. The van der Waals surface area contributed by atoms with Crippen LogP contribution < -0.4 is 9.47 Å². The van der Waals surface area contributed by atoms with Crippen molar-refractivity contribution >= 4 is 17.5 Å². The molecule has 2 aromatic rings. The summed E-state index contributed by atoms with van der Waals surface area (Å²) < 4.78 is 19.1. The molecule has 1 fully saturated rings. The maximum absolute atomic E-state index is 12.8. The van der Waals surface area contributed by atoms with Gasteiger partial charge in [-0.2, -0.15) is 0 Å². The van der Waals surface area contributed by atoms with Gasteiger partial charge in [-0.25, -0.2) is 0 Å². The van der Waals surface area contributed by atoms with Gasteiger partial charge < -0.3 is 18.8 Å². The van der Waals surface area contributed by atoms with Crippen LogP contribution in [-0.4, -0.2) is 42.0 Å². The first-order valence-electron chi connectivity index (χ1n) is 9.46. The third kappa shape index (κ3) is 4.01. The highest BCUT2D eigenvalue weighted by molar-refractivity contribution is 8.00. The summed E-state index contributed by atoms with van der Waals surface area (Å²) in [6, 6.07) is 7.85. The number of benzene rings is 1. The molecule has 5 nitrogen and oxygen atoms in total. The normalized spacial score (nSPS) is 18.7. The molecule has 0 saturated carbocycles. The van der Waals surface area contributed by atoms with Crippen LogP contribution in [-0.2, 0) is 11.3 Å². The lowest BCUT2D eigenvalue weighted by molar-refractivity contribution is 0.0957. The Morgan fingerprint density at radius 3 is 2.74 bits per heavy atom. The average Bonchev–Trinajstić information content (AvgIpc) is 3.30. The molecule has 0 radical (unpaired) electrons. The summed E-state index contributed by atoms with van der Waals surface area (Å²) in [6.45, 7) is 6.93. The Balaban J connectivity index is 1.42. The fraction of sp³-hybridized carbons (Fsp3) is 0.476. The van der Waals surface area contributed by atoms with Gasteiger partial charge in [0.2, 0.25) is 0 Å². The number of fused-ring (bicyclic) bond motifs is 1. The number of hydrogen-bond donors (Lipinski definition) is 0. The van der Waals surface area contributed by atoms with E-state index in [-0.39, 0.29) is 11.9 Å². The first kappa shape index (κ1) is 18.4. The topological polar surface area (TPSA) is 49.7 Å². The number of ketones is 1. The van der Waals surface area contributed by atoms with Gasteiger partial charge in [0.1, 0.15) is 13.2 Å². The fourth-order valence-electron chi connectivity index (χ4n) is 3.70. The Hall–Kier alpha value is -1.92. The van der Waals surface area contributed by atoms with E-state index in [4.69, 9.17) is 14.2 Å². The first-order valence-corrected chi connectivity index (χ1v) is 10.4. The molecular weight excluding hydrogens is 362 g/mol. The quantitative estimate of drug-likeness (QED) is 0.553. The minimum absolute atomic E-state index is 0.154. The van der Waals surface area contributed by atoms with E-state index in [0.717, 1.165) is 59.3 Å². The van der Waals surface area contributed by atoms with Crippen LogP contribution in [0.4, 0.5) is 0 Å². The third-order valence-corrected chi connectivity index (χ3v) is 6.16. The van der Waals surface area contributed by atoms with Crippen molar-refractivity contribution in [3.8, 4) is 11.5 Å². The van der Waals surface area contributed by atoms with E-state index in [2.05, 4.69) is 11.5 Å². The Kier molecular flexibility index (Phi) is 5.45. The number of aromatic nitrogens is 1. The largest absolute Gasteiger partial charge is 0.486 e. The highest BCUT2D eigenvalue weighted by atomic mass is 32.2. The van der Waals surface area contributed by atoms with Gasteiger partial charge >= 0.3 is 0 Å². The average molecular weight is 388 g/mol. The van der Waals surface area contributed by atoms with Crippen LogP contribution in [0.15, 0.2) is 29.2 Å². The molecule has 1 aromatic heterocycles. The SMILES string of the molecule is Cc1cc(C(=O)CSc2ccc3c(c2)OCCO3)c(C)n1C[C@@H]1CCCO1. The molecule has 144 valence electrons. The van der Waals surface area contributed by atoms with Gasteiger partial charge in [-0.05, 0) is 51.0 Å². The summed E-state index contributed by atoms with van der Waals surface area (Å²) in [4.78, 5) is 13.8. The molecule has 0 spiro atoms. The maximum atomic E-state index is 12.8. The number of aryl methyl sites for hydroxylation is 1. The molecule has 0 unspecified atom stereocenters. The van der Waals surface area contributed by atoms with E-state index < -0.39 is 0 Å². The van der Waals surface area contributed by atoms with Gasteiger partial charge in [0, 0.05) is 35.0 Å². The van der Waals surface area contributed by atoms with Crippen LogP contribution in [0.3, 0.4) is 0 Å². The predicted molar refractivity (Wildman–Crippen MR) is 105 cm³/mol. The lowest BCUT2D eigenvalue weighted by Crippen LogP contribution is -2.17. The molecule has 27 heavy (non-hydrogen) atoms. The second-order valence-electron chi connectivity index (χ2n) is 7.05. The van der Waals surface area contributed by atoms with E-state index in [0.29, 0.717) is 19.0 Å². The number of hydrogen-bond acceptors (Lipinski definition) is 5. The zero-order valence-electron chi connectivity index (χ0n) is 15.8. The molecule has 2 aliphatic rings. The summed E-state index contributed by atoms with van der Waals surface area (Å²) in [7, 11) is 0. The van der Waals surface area contributed by atoms with Crippen LogP contribution in [0.5, 0.6) is 11.5 Å². The Bertz CT molecular complexity index is 839. The summed E-state index contributed by atoms with van der Waals surface area (Å²) in [5.41, 5.74) is 2.97. The second-order valence-corrected chi connectivity index (χ2v) is 8.10. The monoisotopic (exact) mass is 387 g/mol. The van der Waals surface area contributed by atoms with E-state index >= 15 is 0 Å². The van der Waals surface area contributed by atoms with Gasteiger partial charge in [-0.15, -0.1) is 11.8 Å². The first-order chi connectivity index (χ1) is 13.1. The van der Waals surface area contributed by atoms with Crippen molar-refractivity contribution < 1.29 is 19.0 Å². The molecule has 1 saturated heterocycles.